The van der Waals surface area contributed by atoms with Crippen molar-refractivity contribution < 1.29 is 19.1 Å². The molecule has 2 unspecified atom stereocenters. The van der Waals surface area contributed by atoms with Crippen LogP contribution in [-0.4, -0.2) is 66.3 Å². The maximum absolute atomic E-state index is 13.5. The van der Waals surface area contributed by atoms with Gasteiger partial charge in [-0.1, -0.05) is 6.42 Å². The first-order valence-electron chi connectivity index (χ1n) is 10.9. The number of likely N-dealkylation sites (tertiary alicyclic amines) is 2. The van der Waals surface area contributed by atoms with Gasteiger partial charge in [-0.05, 0) is 81.9 Å². The largest absolute Gasteiger partial charge is 0.480 e. The molecule has 2 fully saturated rings. The second-order valence-corrected chi connectivity index (χ2v) is 8.45. The van der Waals surface area contributed by atoms with Gasteiger partial charge in [0.15, 0.2) is 6.10 Å². The predicted molar refractivity (Wildman–Crippen MR) is 110 cm³/mol. The fraction of sp³-hybridized carbons (Fsp3) is 0.682. The van der Waals surface area contributed by atoms with Crippen LogP contribution in [-0.2, 0) is 4.79 Å². The van der Waals surface area contributed by atoms with Crippen LogP contribution < -0.4 is 10.2 Å². The van der Waals surface area contributed by atoms with Gasteiger partial charge in [0.05, 0.1) is 0 Å². The third-order valence-corrected chi connectivity index (χ3v) is 6.09. The zero-order valence-electron chi connectivity index (χ0n) is 17.4. The summed E-state index contributed by atoms with van der Waals surface area (Å²) < 4.78 is 19.2. The SMILES string of the molecule is Cc1cc(OC(CCN2CCCC(CN3CCCCC3)C2)C(=O)NO)ccc1F. The van der Waals surface area contributed by atoms with Crippen LogP contribution in [0.4, 0.5) is 4.39 Å². The van der Waals surface area contributed by atoms with Gasteiger partial charge in [0, 0.05) is 26.1 Å². The number of halogens is 1. The van der Waals surface area contributed by atoms with E-state index in [0.717, 1.165) is 19.6 Å². The van der Waals surface area contributed by atoms with E-state index in [1.54, 1.807) is 18.5 Å². The molecule has 2 aliphatic rings. The van der Waals surface area contributed by atoms with Gasteiger partial charge < -0.3 is 14.5 Å². The van der Waals surface area contributed by atoms with Crippen molar-refractivity contribution in [2.45, 2.75) is 51.6 Å². The second kappa shape index (κ2) is 10.9. The minimum Gasteiger partial charge on any atom is -0.480 e. The zero-order valence-corrected chi connectivity index (χ0v) is 17.4. The predicted octanol–water partition coefficient (Wildman–Crippen LogP) is 2.97. The Balaban J connectivity index is 1.51. The number of piperidine rings is 2. The van der Waals surface area contributed by atoms with E-state index in [1.807, 2.05) is 0 Å². The van der Waals surface area contributed by atoms with Gasteiger partial charge in [-0.25, -0.2) is 9.87 Å². The third-order valence-electron chi connectivity index (χ3n) is 6.09. The highest BCUT2D eigenvalue weighted by Crippen LogP contribution is 2.22. The van der Waals surface area contributed by atoms with E-state index >= 15 is 0 Å². The molecule has 0 aromatic heterocycles. The molecule has 1 amide bonds. The fourth-order valence-corrected chi connectivity index (χ4v) is 4.48. The molecule has 0 saturated carbocycles. The number of carbonyl (C=O) groups excluding carboxylic acids is 1. The molecule has 162 valence electrons. The number of hydrogen-bond acceptors (Lipinski definition) is 5. The summed E-state index contributed by atoms with van der Waals surface area (Å²) in [5.74, 6) is 0.217. The van der Waals surface area contributed by atoms with Crippen molar-refractivity contribution in [1.29, 1.82) is 0 Å². The second-order valence-electron chi connectivity index (χ2n) is 8.45. The lowest BCUT2D eigenvalue weighted by atomic mass is 9.96. The molecule has 3 rings (SSSR count). The molecule has 6 nitrogen and oxygen atoms in total. The number of aryl methyl sites for hydroxylation is 1. The first kappa shape index (κ1) is 22.0. The molecule has 0 aliphatic carbocycles. The highest BCUT2D eigenvalue weighted by molar-refractivity contribution is 5.79. The van der Waals surface area contributed by atoms with Crippen LogP contribution in [0.3, 0.4) is 0 Å². The van der Waals surface area contributed by atoms with Crippen LogP contribution in [0.15, 0.2) is 18.2 Å². The van der Waals surface area contributed by atoms with Crippen molar-refractivity contribution in [2.75, 3.05) is 39.3 Å². The van der Waals surface area contributed by atoms with Crippen LogP contribution in [0.5, 0.6) is 5.75 Å². The Morgan fingerprint density at radius 3 is 2.72 bits per heavy atom. The van der Waals surface area contributed by atoms with Gasteiger partial charge in [0.1, 0.15) is 11.6 Å². The highest BCUT2D eigenvalue weighted by Gasteiger charge is 2.26. The summed E-state index contributed by atoms with van der Waals surface area (Å²) in [5, 5.41) is 9.08. The smallest absolute Gasteiger partial charge is 0.284 e. The molecule has 2 heterocycles. The van der Waals surface area contributed by atoms with Crippen LogP contribution in [0.25, 0.3) is 0 Å². The van der Waals surface area contributed by atoms with Crippen LogP contribution in [0, 0.1) is 18.7 Å². The van der Waals surface area contributed by atoms with Gasteiger partial charge in [0.2, 0.25) is 0 Å². The Hall–Kier alpha value is -1.70. The number of nitrogens with zero attached hydrogens (tertiary/aromatic N) is 2. The molecule has 29 heavy (non-hydrogen) atoms. The van der Waals surface area contributed by atoms with E-state index < -0.39 is 12.0 Å². The molecular weight excluding hydrogens is 373 g/mol. The van der Waals surface area contributed by atoms with Crippen LogP contribution in [0.1, 0.15) is 44.1 Å². The van der Waals surface area contributed by atoms with Crippen LogP contribution >= 0.6 is 0 Å². The monoisotopic (exact) mass is 407 g/mol. The summed E-state index contributed by atoms with van der Waals surface area (Å²) in [6.45, 7) is 8.07. The molecule has 1 aromatic rings. The average Bonchev–Trinajstić information content (AvgIpc) is 2.74. The normalized spacial score (nSPS) is 22.2. The van der Waals surface area contributed by atoms with Crippen molar-refractivity contribution in [3.8, 4) is 5.75 Å². The number of carbonyl (C=O) groups is 1. The Bertz CT molecular complexity index is 667. The van der Waals surface area contributed by atoms with E-state index in [4.69, 9.17) is 9.94 Å². The van der Waals surface area contributed by atoms with Crippen molar-refractivity contribution in [2.24, 2.45) is 5.92 Å². The molecule has 2 atom stereocenters. The summed E-state index contributed by atoms with van der Waals surface area (Å²) in [6, 6.07) is 4.41. The lowest BCUT2D eigenvalue weighted by Crippen LogP contribution is -2.44. The number of rotatable bonds is 8. The number of ether oxygens (including phenoxy) is 1. The van der Waals surface area contributed by atoms with E-state index in [-0.39, 0.29) is 5.82 Å². The molecule has 1 aromatic carbocycles. The molecule has 0 bridgehead atoms. The molecule has 7 heteroatoms. The molecule has 0 radical (unpaired) electrons. The Morgan fingerprint density at radius 1 is 1.24 bits per heavy atom. The van der Waals surface area contributed by atoms with Gasteiger partial charge in [0.25, 0.3) is 5.91 Å². The third kappa shape index (κ3) is 6.66. The number of nitrogens with one attached hydrogen (secondary N) is 1. The number of hydrogen-bond donors (Lipinski definition) is 2. The quantitative estimate of drug-likeness (QED) is 0.512. The molecule has 2 aliphatic heterocycles. The minimum absolute atomic E-state index is 0.312. The molecule has 2 N–H and O–H groups in total. The standard InChI is InChI=1S/C22H34FN3O3/c1-17-14-19(7-8-20(17)23)29-21(22(27)24-28)9-13-26-12-5-6-18(16-26)15-25-10-3-2-4-11-25/h7-8,14,18,21,28H,2-6,9-13,15-16H2,1H3,(H,24,27). The van der Waals surface area contributed by atoms with Crippen molar-refractivity contribution in [1.82, 2.24) is 15.3 Å². The van der Waals surface area contributed by atoms with E-state index in [2.05, 4.69) is 9.80 Å². The van der Waals surface area contributed by atoms with E-state index in [0.29, 0.717) is 23.7 Å². The number of amides is 1. The zero-order chi connectivity index (χ0) is 20.6. The summed E-state index contributed by atoms with van der Waals surface area (Å²) in [6.07, 6.45) is 6.08. The first-order valence-corrected chi connectivity index (χ1v) is 10.9. The van der Waals surface area contributed by atoms with Crippen LogP contribution in [0.2, 0.25) is 0 Å². The first-order chi connectivity index (χ1) is 14.0. The molecule has 2 saturated heterocycles. The summed E-state index contributed by atoms with van der Waals surface area (Å²) >= 11 is 0. The topological polar surface area (TPSA) is 65.0 Å². The average molecular weight is 408 g/mol. The minimum atomic E-state index is -0.813. The Labute approximate surface area is 173 Å². The Kier molecular flexibility index (Phi) is 8.27. The number of hydroxylamine groups is 1. The summed E-state index contributed by atoms with van der Waals surface area (Å²) in [7, 11) is 0. The van der Waals surface area contributed by atoms with Crippen molar-refractivity contribution in [3.05, 3.63) is 29.6 Å². The summed E-state index contributed by atoms with van der Waals surface area (Å²) in [4.78, 5) is 17.1. The fourth-order valence-electron chi connectivity index (χ4n) is 4.48. The van der Waals surface area contributed by atoms with E-state index in [9.17, 15) is 9.18 Å². The van der Waals surface area contributed by atoms with Gasteiger partial charge >= 0.3 is 0 Å². The van der Waals surface area contributed by atoms with Gasteiger partial charge in [-0.15, -0.1) is 0 Å². The molecular formula is C22H34FN3O3. The van der Waals surface area contributed by atoms with Crippen molar-refractivity contribution in [3.63, 3.8) is 0 Å². The van der Waals surface area contributed by atoms with Gasteiger partial charge in [-0.2, -0.15) is 0 Å². The maximum Gasteiger partial charge on any atom is 0.284 e. The lowest BCUT2D eigenvalue weighted by molar-refractivity contribution is -0.137. The highest BCUT2D eigenvalue weighted by atomic mass is 19.1. The van der Waals surface area contributed by atoms with Crippen molar-refractivity contribution >= 4 is 5.91 Å². The lowest BCUT2D eigenvalue weighted by Gasteiger charge is -2.37. The van der Waals surface area contributed by atoms with E-state index in [1.165, 1.54) is 63.9 Å². The Morgan fingerprint density at radius 2 is 2.00 bits per heavy atom. The molecule has 0 spiro atoms. The number of benzene rings is 1. The summed E-state index contributed by atoms with van der Waals surface area (Å²) in [5.41, 5.74) is 2.16. The van der Waals surface area contributed by atoms with Gasteiger partial charge in [-0.3, -0.25) is 10.0 Å². The maximum atomic E-state index is 13.5.